The Bertz CT molecular complexity index is 442. The summed E-state index contributed by atoms with van der Waals surface area (Å²) >= 11 is 0. The topological polar surface area (TPSA) is 40.5 Å². The molecule has 0 aromatic heterocycles. The average molecular weight is 247 g/mol. The highest BCUT2D eigenvalue weighted by atomic mass is 16.3. The molecular formula is C15H21NO2. The SMILES string of the molecule is Cc1ccc(C(=O)CN2CCCC2CO)cc1C. The Morgan fingerprint density at radius 3 is 2.83 bits per heavy atom. The lowest BCUT2D eigenvalue weighted by molar-refractivity contribution is 0.0888. The molecule has 0 radical (unpaired) electrons. The third-order valence-corrected chi connectivity index (χ3v) is 3.89. The van der Waals surface area contributed by atoms with Gasteiger partial charge in [0.2, 0.25) is 0 Å². The monoisotopic (exact) mass is 247 g/mol. The minimum atomic E-state index is 0.151. The van der Waals surface area contributed by atoms with Crippen molar-refractivity contribution < 1.29 is 9.90 Å². The number of hydrogen-bond donors (Lipinski definition) is 1. The lowest BCUT2D eigenvalue weighted by Gasteiger charge is -2.21. The van der Waals surface area contributed by atoms with Crippen LogP contribution in [0.15, 0.2) is 18.2 Å². The molecule has 1 unspecified atom stereocenters. The Kier molecular flexibility index (Phi) is 4.15. The number of aliphatic hydroxyl groups is 1. The molecule has 0 aliphatic carbocycles. The van der Waals surface area contributed by atoms with E-state index in [9.17, 15) is 9.90 Å². The maximum absolute atomic E-state index is 12.2. The van der Waals surface area contributed by atoms with E-state index >= 15 is 0 Å². The molecule has 1 aliphatic heterocycles. The third-order valence-electron chi connectivity index (χ3n) is 3.89. The van der Waals surface area contributed by atoms with Crippen LogP contribution in [-0.2, 0) is 0 Å². The average Bonchev–Trinajstić information content (AvgIpc) is 2.79. The summed E-state index contributed by atoms with van der Waals surface area (Å²) in [4.78, 5) is 14.3. The van der Waals surface area contributed by atoms with Crippen molar-refractivity contribution in [3.8, 4) is 0 Å². The number of nitrogens with zero attached hydrogens (tertiary/aromatic N) is 1. The highest BCUT2D eigenvalue weighted by molar-refractivity contribution is 5.97. The van der Waals surface area contributed by atoms with Crippen molar-refractivity contribution in [3.63, 3.8) is 0 Å². The number of benzene rings is 1. The Balaban J connectivity index is 2.05. The number of Topliss-reactive ketones (excluding diaryl/α,β-unsaturated/α-hetero) is 1. The van der Waals surface area contributed by atoms with Crippen LogP contribution in [0, 0.1) is 13.8 Å². The van der Waals surface area contributed by atoms with Crippen molar-refractivity contribution in [3.05, 3.63) is 34.9 Å². The standard InChI is InChI=1S/C15H21NO2/c1-11-5-6-13(8-12(11)2)15(18)9-16-7-3-4-14(16)10-17/h5-6,8,14,17H,3-4,7,9-10H2,1-2H3. The fourth-order valence-electron chi connectivity index (χ4n) is 2.50. The molecule has 0 saturated carbocycles. The number of aliphatic hydroxyl groups excluding tert-OH is 1. The molecule has 0 spiro atoms. The summed E-state index contributed by atoms with van der Waals surface area (Å²) in [5, 5.41) is 9.25. The van der Waals surface area contributed by atoms with Crippen LogP contribution in [0.3, 0.4) is 0 Å². The number of aryl methyl sites for hydroxylation is 2. The number of hydrogen-bond acceptors (Lipinski definition) is 3. The number of rotatable bonds is 4. The molecule has 3 nitrogen and oxygen atoms in total. The zero-order chi connectivity index (χ0) is 13.1. The van der Waals surface area contributed by atoms with E-state index in [-0.39, 0.29) is 18.4 Å². The smallest absolute Gasteiger partial charge is 0.176 e. The minimum Gasteiger partial charge on any atom is -0.395 e. The van der Waals surface area contributed by atoms with Gasteiger partial charge in [0.05, 0.1) is 13.2 Å². The second-order valence-electron chi connectivity index (χ2n) is 5.17. The second-order valence-corrected chi connectivity index (χ2v) is 5.17. The van der Waals surface area contributed by atoms with Crippen molar-refractivity contribution >= 4 is 5.78 Å². The van der Waals surface area contributed by atoms with Crippen molar-refractivity contribution in [1.82, 2.24) is 4.90 Å². The van der Waals surface area contributed by atoms with Gasteiger partial charge in [0, 0.05) is 11.6 Å². The fourth-order valence-corrected chi connectivity index (χ4v) is 2.50. The van der Waals surface area contributed by atoms with Crippen LogP contribution >= 0.6 is 0 Å². The van der Waals surface area contributed by atoms with E-state index in [4.69, 9.17) is 0 Å². The van der Waals surface area contributed by atoms with Gasteiger partial charge in [0.1, 0.15) is 0 Å². The van der Waals surface area contributed by atoms with Crippen LogP contribution in [0.2, 0.25) is 0 Å². The van der Waals surface area contributed by atoms with Gasteiger partial charge in [-0.25, -0.2) is 0 Å². The van der Waals surface area contributed by atoms with Crippen LogP contribution in [0.4, 0.5) is 0 Å². The normalized spacial score (nSPS) is 20.3. The maximum Gasteiger partial charge on any atom is 0.176 e. The molecule has 1 N–H and O–H groups in total. The van der Waals surface area contributed by atoms with Gasteiger partial charge in [0.15, 0.2) is 5.78 Å². The van der Waals surface area contributed by atoms with Gasteiger partial charge < -0.3 is 5.11 Å². The van der Waals surface area contributed by atoms with E-state index < -0.39 is 0 Å². The van der Waals surface area contributed by atoms with Gasteiger partial charge in [-0.2, -0.15) is 0 Å². The Morgan fingerprint density at radius 2 is 2.17 bits per heavy atom. The molecule has 3 heteroatoms. The summed E-state index contributed by atoms with van der Waals surface area (Å²) in [6, 6.07) is 6.02. The summed E-state index contributed by atoms with van der Waals surface area (Å²) in [6.07, 6.45) is 2.07. The van der Waals surface area contributed by atoms with Crippen LogP contribution in [-0.4, -0.2) is 41.5 Å². The molecular weight excluding hydrogens is 226 g/mol. The Hall–Kier alpha value is -1.19. The zero-order valence-corrected chi connectivity index (χ0v) is 11.1. The second kappa shape index (κ2) is 5.63. The van der Waals surface area contributed by atoms with Gasteiger partial charge in [0.25, 0.3) is 0 Å². The molecule has 18 heavy (non-hydrogen) atoms. The predicted molar refractivity (Wildman–Crippen MR) is 71.9 cm³/mol. The van der Waals surface area contributed by atoms with Gasteiger partial charge in [-0.3, -0.25) is 9.69 Å². The highest BCUT2D eigenvalue weighted by Crippen LogP contribution is 2.18. The van der Waals surface area contributed by atoms with E-state index in [1.54, 1.807) is 0 Å². The quantitative estimate of drug-likeness (QED) is 0.827. The van der Waals surface area contributed by atoms with Crippen molar-refractivity contribution in [2.45, 2.75) is 32.7 Å². The molecule has 1 aromatic rings. The lowest BCUT2D eigenvalue weighted by Crippen LogP contribution is -2.36. The van der Waals surface area contributed by atoms with Gasteiger partial charge in [-0.15, -0.1) is 0 Å². The minimum absolute atomic E-state index is 0.151. The lowest BCUT2D eigenvalue weighted by atomic mass is 10.0. The summed E-state index contributed by atoms with van der Waals surface area (Å²) in [5.74, 6) is 0.151. The van der Waals surface area contributed by atoms with E-state index in [2.05, 4.69) is 4.90 Å². The molecule has 0 bridgehead atoms. The highest BCUT2D eigenvalue weighted by Gasteiger charge is 2.25. The van der Waals surface area contributed by atoms with Crippen LogP contribution in [0.1, 0.15) is 34.3 Å². The van der Waals surface area contributed by atoms with Crippen LogP contribution < -0.4 is 0 Å². The maximum atomic E-state index is 12.2. The molecule has 98 valence electrons. The van der Waals surface area contributed by atoms with E-state index in [0.717, 1.165) is 30.5 Å². The number of ketones is 1. The van der Waals surface area contributed by atoms with Crippen molar-refractivity contribution in [2.24, 2.45) is 0 Å². The summed E-state index contributed by atoms with van der Waals surface area (Å²) < 4.78 is 0. The number of carbonyl (C=O) groups excluding carboxylic acids is 1. The third kappa shape index (κ3) is 2.79. The van der Waals surface area contributed by atoms with Crippen LogP contribution in [0.25, 0.3) is 0 Å². The molecule has 1 saturated heterocycles. The van der Waals surface area contributed by atoms with E-state index in [1.165, 1.54) is 5.56 Å². The Morgan fingerprint density at radius 1 is 1.39 bits per heavy atom. The first-order valence-electron chi connectivity index (χ1n) is 6.57. The summed E-state index contributed by atoms with van der Waals surface area (Å²) in [7, 11) is 0. The first-order valence-corrected chi connectivity index (χ1v) is 6.57. The van der Waals surface area contributed by atoms with E-state index in [1.807, 2.05) is 32.0 Å². The molecule has 1 aliphatic rings. The largest absolute Gasteiger partial charge is 0.395 e. The molecule has 0 amide bonds. The summed E-state index contributed by atoms with van der Waals surface area (Å²) in [5.41, 5.74) is 3.14. The summed E-state index contributed by atoms with van der Waals surface area (Å²) in [6.45, 7) is 5.57. The number of carbonyl (C=O) groups is 1. The molecule has 1 fully saturated rings. The van der Waals surface area contributed by atoms with Crippen molar-refractivity contribution in [2.75, 3.05) is 19.7 Å². The molecule has 2 rings (SSSR count). The molecule has 1 heterocycles. The first-order chi connectivity index (χ1) is 8.61. The number of likely N-dealkylation sites (tertiary alicyclic amines) is 1. The molecule has 1 aromatic carbocycles. The van der Waals surface area contributed by atoms with Crippen LogP contribution in [0.5, 0.6) is 0 Å². The van der Waals surface area contributed by atoms with Crippen molar-refractivity contribution in [1.29, 1.82) is 0 Å². The van der Waals surface area contributed by atoms with Gasteiger partial charge >= 0.3 is 0 Å². The predicted octanol–water partition coefficient (Wildman–Crippen LogP) is 1.94. The Labute approximate surface area is 108 Å². The zero-order valence-electron chi connectivity index (χ0n) is 11.1. The van der Waals surface area contributed by atoms with Gasteiger partial charge in [-0.1, -0.05) is 12.1 Å². The first kappa shape index (κ1) is 13.2. The van der Waals surface area contributed by atoms with Gasteiger partial charge in [-0.05, 0) is 50.4 Å². The van der Waals surface area contributed by atoms with E-state index in [0.29, 0.717) is 6.54 Å². The molecule has 1 atom stereocenters. The fraction of sp³-hybridized carbons (Fsp3) is 0.533.